The Labute approximate surface area is 144 Å². The quantitative estimate of drug-likeness (QED) is 0.414. The van der Waals surface area contributed by atoms with Gasteiger partial charge in [-0.15, -0.1) is 0 Å². The van der Waals surface area contributed by atoms with E-state index in [0.717, 1.165) is 22.9 Å². The molecule has 3 nitrogen and oxygen atoms in total. The fourth-order valence-electron chi connectivity index (χ4n) is 1.61. The van der Waals surface area contributed by atoms with Gasteiger partial charge >= 0.3 is 0 Å². The van der Waals surface area contributed by atoms with Gasteiger partial charge in [-0.2, -0.15) is 0 Å². The fraction of sp³-hybridized carbons (Fsp3) is 0.500. The first-order chi connectivity index (χ1) is 9.96. The van der Waals surface area contributed by atoms with Crippen LogP contribution in [0.5, 0.6) is 0 Å². The average Bonchev–Trinajstić information content (AvgIpc) is 2.46. The van der Waals surface area contributed by atoms with Crippen LogP contribution in [0.15, 0.2) is 28.7 Å². The van der Waals surface area contributed by atoms with Crippen LogP contribution in [-0.4, -0.2) is 22.9 Å². The third-order valence-corrected chi connectivity index (χ3v) is 10.6. The molecule has 0 aliphatic rings. The highest BCUT2D eigenvalue weighted by atomic mass is 79.9. The molecule has 0 N–H and O–H groups in total. The van der Waals surface area contributed by atoms with E-state index in [2.05, 4.69) is 29.8 Å². The number of hydrogen-bond donors (Lipinski definition) is 0. The Bertz CT molecular complexity index is 516. The number of halogens is 1. The van der Waals surface area contributed by atoms with Gasteiger partial charge in [0.25, 0.3) is 0 Å². The zero-order valence-corrected chi connectivity index (χ0v) is 16.6. The molecule has 0 saturated carbocycles. The molecule has 1 aromatic carbocycles. The summed E-state index contributed by atoms with van der Waals surface area (Å²) in [6.07, 6.45) is 1.82. The third kappa shape index (κ3) is 5.68. The predicted octanol–water partition coefficient (Wildman–Crippen LogP) is 5.20. The van der Waals surface area contributed by atoms with Crippen molar-refractivity contribution in [3.8, 4) is 0 Å². The molecule has 2 atom stereocenters. The normalized spacial score (nSPS) is 15.2. The van der Waals surface area contributed by atoms with E-state index in [1.165, 1.54) is 0 Å². The van der Waals surface area contributed by atoms with Crippen molar-refractivity contribution in [1.82, 2.24) is 4.67 Å². The number of benzene rings is 1. The van der Waals surface area contributed by atoms with E-state index in [1.807, 2.05) is 31.2 Å². The Morgan fingerprint density at radius 3 is 2.67 bits per heavy atom. The van der Waals surface area contributed by atoms with E-state index in [1.54, 1.807) is 16.1 Å². The van der Waals surface area contributed by atoms with Crippen molar-refractivity contribution >= 4 is 51.1 Å². The Morgan fingerprint density at radius 1 is 1.48 bits per heavy atom. The van der Waals surface area contributed by atoms with Gasteiger partial charge in [-0.1, -0.05) is 59.4 Å². The van der Waals surface area contributed by atoms with Gasteiger partial charge in [0.2, 0.25) is 12.0 Å². The summed E-state index contributed by atoms with van der Waals surface area (Å²) in [5, 5.41) is 0.365. The van der Waals surface area contributed by atoms with Gasteiger partial charge in [0, 0.05) is 9.72 Å². The Hall–Kier alpha value is 0.130. The Kier molecular flexibility index (Phi) is 8.50. The van der Waals surface area contributed by atoms with E-state index >= 15 is 0 Å². The second-order valence-electron chi connectivity index (χ2n) is 4.51. The van der Waals surface area contributed by atoms with Gasteiger partial charge in [-0.05, 0) is 36.8 Å². The molecular formula is C14H21BrNO2PS2. The predicted molar refractivity (Wildman–Crippen MR) is 99.0 cm³/mol. The summed E-state index contributed by atoms with van der Waals surface area (Å²) in [6.45, 7) is 7.13. The first kappa shape index (κ1) is 19.2. The third-order valence-electron chi connectivity index (χ3n) is 2.91. The minimum Gasteiger partial charge on any atom is -0.327 e. The van der Waals surface area contributed by atoms with Crippen molar-refractivity contribution in [3.63, 3.8) is 0 Å². The highest BCUT2D eigenvalue weighted by Gasteiger charge is 2.29. The molecule has 0 radical (unpaired) electrons. The largest absolute Gasteiger partial charge is 0.327 e. The smallest absolute Gasteiger partial charge is 0.216 e. The van der Waals surface area contributed by atoms with E-state index < -0.39 is 5.62 Å². The second kappa shape index (κ2) is 9.31. The van der Waals surface area contributed by atoms with E-state index in [4.69, 9.17) is 16.3 Å². The number of amides is 1. The van der Waals surface area contributed by atoms with Crippen molar-refractivity contribution in [2.75, 3.05) is 6.61 Å². The summed E-state index contributed by atoms with van der Waals surface area (Å²) in [5.74, 6) is 0. The molecule has 118 valence electrons. The van der Waals surface area contributed by atoms with Crippen molar-refractivity contribution < 1.29 is 9.32 Å². The van der Waals surface area contributed by atoms with Crippen LogP contribution in [-0.2, 0) is 27.7 Å². The molecule has 0 aliphatic heterocycles. The van der Waals surface area contributed by atoms with Crippen molar-refractivity contribution in [2.24, 2.45) is 0 Å². The van der Waals surface area contributed by atoms with E-state index in [-0.39, 0.29) is 0 Å². The molecule has 1 aromatic rings. The number of carbonyl (C=O) groups excluding carboxylic acids is 1. The van der Waals surface area contributed by atoms with E-state index in [9.17, 15) is 4.79 Å². The molecule has 0 aliphatic carbocycles. The summed E-state index contributed by atoms with van der Waals surface area (Å²) >= 11 is 10.9. The molecule has 1 amide bonds. The van der Waals surface area contributed by atoms with Gasteiger partial charge in [-0.25, -0.2) is 0 Å². The van der Waals surface area contributed by atoms with Crippen LogP contribution in [0.2, 0.25) is 0 Å². The fourth-order valence-corrected chi connectivity index (χ4v) is 8.61. The molecule has 0 fully saturated rings. The van der Waals surface area contributed by atoms with E-state index in [0.29, 0.717) is 18.4 Å². The number of carbonyl (C=O) groups is 1. The molecule has 0 spiro atoms. The zero-order valence-electron chi connectivity index (χ0n) is 12.5. The lowest BCUT2D eigenvalue weighted by Crippen LogP contribution is -2.19. The molecule has 0 heterocycles. The average molecular weight is 410 g/mol. The minimum atomic E-state index is -2.39. The lowest BCUT2D eigenvalue weighted by atomic mass is 10.2. The second-order valence-corrected chi connectivity index (χ2v) is 12.4. The Balaban J connectivity index is 2.99. The van der Waals surface area contributed by atoms with Crippen LogP contribution < -0.4 is 0 Å². The molecule has 2 unspecified atom stereocenters. The van der Waals surface area contributed by atoms with Gasteiger partial charge in [-0.3, -0.25) is 9.46 Å². The molecule has 21 heavy (non-hydrogen) atoms. The van der Waals surface area contributed by atoms with Crippen LogP contribution >= 0.6 is 32.9 Å². The maximum absolute atomic E-state index is 11.6. The maximum Gasteiger partial charge on any atom is 0.216 e. The monoisotopic (exact) mass is 409 g/mol. The topological polar surface area (TPSA) is 29.5 Å². The van der Waals surface area contributed by atoms with Crippen LogP contribution in [0.25, 0.3) is 0 Å². The van der Waals surface area contributed by atoms with Crippen molar-refractivity contribution in [2.45, 2.75) is 39.0 Å². The standard InChI is InChI=1S/C14H21BrNO2PS2/c1-4-12(3)21-19(20,18-5-2)16(11-17)10-13-8-6-7-9-14(13)15/h6-9,11-12H,4-5,10H2,1-3H3. The van der Waals surface area contributed by atoms with Crippen molar-refractivity contribution in [1.29, 1.82) is 0 Å². The lowest BCUT2D eigenvalue weighted by Gasteiger charge is -2.32. The summed E-state index contributed by atoms with van der Waals surface area (Å²) < 4.78 is 8.47. The lowest BCUT2D eigenvalue weighted by molar-refractivity contribution is -0.114. The maximum atomic E-state index is 11.6. The summed E-state index contributed by atoms with van der Waals surface area (Å²) in [6, 6.07) is 7.85. The number of rotatable bonds is 9. The SMILES string of the molecule is CCOP(=S)(SC(C)CC)N(C=O)Cc1ccccc1Br. The first-order valence-corrected chi connectivity index (χ1v) is 11.8. The molecular weight excluding hydrogens is 389 g/mol. The number of nitrogens with zero attached hydrogens (tertiary/aromatic N) is 1. The van der Waals surface area contributed by atoms with Gasteiger partial charge in [0.15, 0.2) is 0 Å². The summed E-state index contributed by atoms with van der Waals surface area (Å²) in [4.78, 5) is 11.6. The first-order valence-electron chi connectivity index (χ1n) is 6.85. The Morgan fingerprint density at radius 2 is 2.14 bits per heavy atom. The van der Waals surface area contributed by atoms with Gasteiger partial charge in [0.05, 0.1) is 13.2 Å². The summed E-state index contributed by atoms with van der Waals surface area (Å²) in [7, 11) is 0. The van der Waals surface area contributed by atoms with Crippen LogP contribution in [0.3, 0.4) is 0 Å². The molecule has 1 rings (SSSR count). The zero-order chi connectivity index (χ0) is 15.9. The molecule has 0 saturated heterocycles. The molecule has 0 bridgehead atoms. The van der Waals surface area contributed by atoms with Gasteiger partial charge < -0.3 is 4.52 Å². The van der Waals surface area contributed by atoms with Crippen LogP contribution in [0.1, 0.15) is 32.8 Å². The van der Waals surface area contributed by atoms with Crippen LogP contribution in [0, 0.1) is 0 Å². The number of hydrogen-bond acceptors (Lipinski definition) is 4. The molecule has 0 aromatic heterocycles. The minimum absolute atomic E-state index is 0.365. The van der Waals surface area contributed by atoms with Gasteiger partial charge in [0.1, 0.15) is 0 Å². The van der Waals surface area contributed by atoms with Crippen molar-refractivity contribution in [3.05, 3.63) is 34.3 Å². The summed E-state index contributed by atoms with van der Waals surface area (Å²) in [5.41, 5.74) is -1.36. The van der Waals surface area contributed by atoms with Crippen LogP contribution in [0.4, 0.5) is 0 Å². The highest BCUT2D eigenvalue weighted by Crippen LogP contribution is 2.64. The molecule has 7 heteroatoms. The highest BCUT2D eigenvalue weighted by molar-refractivity contribution is 9.10.